The normalized spacial score (nSPS) is 13.6. The van der Waals surface area contributed by atoms with Gasteiger partial charge < -0.3 is 25.4 Å². The Hall–Kier alpha value is -2.84. The number of nitrogens with one attached hydrogen (secondary N) is 1. The maximum atomic E-state index is 11.7. The van der Waals surface area contributed by atoms with E-state index in [4.69, 9.17) is 4.74 Å². The molecule has 4 N–H and O–H groups in total. The molecule has 0 saturated carbocycles. The Kier molecular flexibility index (Phi) is 6.72. The number of carbonyl (C=O) groups is 3. The van der Waals surface area contributed by atoms with Crippen LogP contribution in [0.5, 0.6) is 5.75 Å². The van der Waals surface area contributed by atoms with Crippen molar-refractivity contribution in [3.05, 3.63) is 24.0 Å². The molecule has 138 valence electrons. The molecule has 0 aliphatic rings. The van der Waals surface area contributed by atoms with E-state index in [1.54, 1.807) is 20.8 Å². The first kappa shape index (κ1) is 20.2. The molecule has 0 bridgehead atoms. The maximum Gasteiger partial charge on any atom is 0.408 e. The zero-order valence-electron chi connectivity index (χ0n) is 14.2. The van der Waals surface area contributed by atoms with Crippen LogP contribution in [-0.2, 0) is 20.7 Å². The lowest BCUT2D eigenvalue weighted by Crippen LogP contribution is -2.45. The van der Waals surface area contributed by atoms with E-state index in [-0.39, 0.29) is 18.6 Å². The van der Waals surface area contributed by atoms with Gasteiger partial charge in [0.05, 0.1) is 12.1 Å². The summed E-state index contributed by atoms with van der Waals surface area (Å²) in [5, 5.41) is 29.9. The fourth-order valence-electron chi connectivity index (χ4n) is 2.02. The third kappa shape index (κ3) is 7.51. The lowest BCUT2D eigenvalue weighted by molar-refractivity contribution is -0.144. The largest absolute Gasteiger partial charge is 0.506 e. The SMILES string of the molecule is CC(C)(C)OC(=O)NC(CC(Cc1ccc(O)cn1)C(=O)O)C(=O)O. The number of nitrogens with zero attached hydrogens (tertiary/aromatic N) is 1. The van der Waals surface area contributed by atoms with Gasteiger partial charge in [-0.15, -0.1) is 0 Å². The molecular formula is C16H22N2O7. The van der Waals surface area contributed by atoms with E-state index in [2.05, 4.69) is 10.3 Å². The number of pyridine rings is 1. The number of carbonyl (C=O) groups excluding carboxylic acids is 1. The van der Waals surface area contributed by atoms with Gasteiger partial charge in [0.2, 0.25) is 0 Å². The number of aromatic nitrogens is 1. The van der Waals surface area contributed by atoms with Gasteiger partial charge in [-0.05, 0) is 39.3 Å². The van der Waals surface area contributed by atoms with Crippen molar-refractivity contribution >= 4 is 18.0 Å². The Balaban J connectivity index is 2.80. The van der Waals surface area contributed by atoms with Crippen LogP contribution in [0.25, 0.3) is 0 Å². The Morgan fingerprint density at radius 1 is 1.20 bits per heavy atom. The monoisotopic (exact) mass is 354 g/mol. The maximum absolute atomic E-state index is 11.7. The minimum absolute atomic E-state index is 0.0462. The summed E-state index contributed by atoms with van der Waals surface area (Å²) in [5.74, 6) is -3.73. The second-order valence-electron chi connectivity index (χ2n) is 6.52. The van der Waals surface area contributed by atoms with Crippen LogP contribution in [0, 0.1) is 5.92 Å². The van der Waals surface area contributed by atoms with Crippen LogP contribution in [0.1, 0.15) is 32.9 Å². The van der Waals surface area contributed by atoms with Crippen LogP contribution >= 0.6 is 0 Å². The van der Waals surface area contributed by atoms with Crippen molar-refractivity contribution in [1.82, 2.24) is 10.3 Å². The summed E-state index contributed by atoms with van der Waals surface area (Å²) in [4.78, 5) is 38.4. The van der Waals surface area contributed by atoms with Crippen molar-refractivity contribution in [2.75, 3.05) is 0 Å². The number of amides is 1. The Morgan fingerprint density at radius 2 is 1.84 bits per heavy atom. The number of ether oxygens (including phenoxy) is 1. The zero-order chi connectivity index (χ0) is 19.2. The standard InChI is InChI=1S/C16H22N2O7/c1-16(2,3)25-15(24)18-12(14(22)23)7-9(13(20)21)6-10-4-5-11(19)8-17-10/h4-5,8-9,12,19H,6-7H2,1-3H3,(H,18,24)(H,20,21)(H,22,23). The minimum atomic E-state index is -1.42. The molecule has 25 heavy (non-hydrogen) atoms. The first-order valence-corrected chi connectivity index (χ1v) is 7.57. The smallest absolute Gasteiger partial charge is 0.408 e. The highest BCUT2D eigenvalue weighted by atomic mass is 16.6. The molecular weight excluding hydrogens is 332 g/mol. The number of alkyl carbamates (subject to hydrolysis) is 1. The second-order valence-corrected chi connectivity index (χ2v) is 6.52. The summed E-state index contributed by atoms with van der Waals surface area (Å²) in [5.41, 5.74) is -0.429. The number of carboxylic acid groups (broad SMARTS) is 2. The Morgan fingerprint density at radius 3 is 2.28 bits per heavy atom. The van der Waals surface area contributed by atoms with Crippen LogP contribution in [0.4, 0.5) is 4.79 Å². The highest BCUT2D eigenvalue weighted by Crippen LogP contribution is 2.16. The van der Waals surface area contributed by atoms with Crippen molar-refractivity contribution in [2.45, 2.75) is 45.3 Å². The van der Waals surface area contributed by atoms with E-state index in [1.165, 1.54) is 18.3 Å². The number of rotatable bonds is 7. The second kappa shape index (κ2) is 8.32. The van der Waals surface area contributed by atoms with E-state index in [0.29, 0.717) is 5.69 Å². The van der Waals surface area contributed by atoms with Crippen LogP contribution in [0.3, 0.4) is 0 Å². The molecule has 1 amide bonds. The molecule has 0 aliphatic carbocycles. The van der Waals surface area contributed by atoms with E-state index in [0.717, 1.165) is 0 Å². The molecule has 1 aromatic rings. The lowest BCUT2D eigenvalue weighted by Gasteiger charge is -2.23. The molecule has 0 aliphatic heterocycles. The number of hydrogen-bond donors (Lipinski definition) is 4. The highest BCUT2D eigenvalue weighted by molar-refractivity contribution is 5.81. The number of aromatic hydroxyl groups is 1. The lowest BCUT2D eigenvalue weighted by atomic mass is 9.94. The van der Waals surface area contributed by atoms with E-state index in [1.807, 2.05) is 0 Å². The van der Waals surface area contributed by atoms with Gasteiger partial charge in [-0.1, -0.05) is 0 Å². The van der Waals surface area contributed by atoms with Crippen molar-refractivity contribution in [3.63, 3.8) is 0 Å². The van der Waals surface area contributed by atoms with Gasteiger partial charge in [0, 0.05) is 12.1 Å². The predicted octanol–water partition coefficient (Wildman–Crippen LogP) is 1.40. The first-order chi connectivity index (χ1) is 11.5. The number of carboxylic acids is 2. The topological polar surface area (TPSA) is 146 Å². The van der Waals surface area contributed by atoms with Crippen LogP contribution < -0.4 is 5.32 Å². The zero-order valence-corrected chi connectivity index (χ0v) is 14.2. The molecule has 0 fully saturated rings. The summed E-state index contributed by atoms with van der Waals surface area (Å²) in [7, 11) is 0. The minimum Gasteiger partial charge on any atom is -0.506 e. The molecule has 0 spiro atoms. The Bertz CT molecular complexity index is 622. The van der Waals surface area contributed by atoms with Gasteiger partial charge in [-0.3, -0.25) is 9.78 Å². The fourth-order valence-corrected chi connectivity index (χ4v) is 2.02. The van der Waals surface area contributed by atoms with E-state index in [9.17, 15) is 29.7 Å². The average molecular weight is 354 g/mol. The van der Waals surface area contributed by atoms with Crippen molar-refractivity contribution < 1.29 is 34.4 Å². The summed E-state index contributed by atoms with van der Waals surface area (Å²) in [6.07, 6.45) is -0.157. The van der Waals surface area contributed by atoms with Gasteiger partial charge in [0.1, 0.15) is 17.4 Å². The first-order valence-electron chi connectivity index (χ1n) is 7.57. The van der Waals surface area contributed by atoms with Gasteiger partial charge in [-0.2, -0.15) is 0 Å². The Labute approximate surface area is 144 Å². The van der Waals surface area contributed by atoms with Crippen molar-refractivity contribution in [3.8, 4) is 5.75 Å². The number of hydrogen-bond acceptors (Lipinski definition) is 6. The third-order valence-corrected chi connectivity index (χ3v) is 3.12. The van der Waals surface area contributed by atoms with Crippen LogP contribution in [0.15, 0.2) is 18.3 Å². The molecule has 2 atom stereocenters. The summed E-state index contributed by atoms with van der Waals surface area (Å²) in [6, 6.07) is 1.38. The fraction of sp³-hybridized carbons (Fsp3) is 0.500. The molecule has 0 saturated heterocycles. The molecule has 9 heteroatoms. The predicted molar refractivity (Wildman–Crippen MR) is 86.1 cm³/mol. The molecule has 0 radical (unpaired) electrons. The molecule has 1 heterocycles. The van der Waals surface area contributed by atoms with Crippen LogP contribution in [-0.4, -0.2) is 50.0 Å². The molecule has 0 aromatic carbocycles. The van der Waals surface area contributed by atoms with Gasteiger partial charge >= 0.3 is 18.0 Å². The van der Waals surface area contributed by atoms with Crippen molar-refractivity contribution in [1.29, 1.82) is 0 Å². The van der Waals surface area contributed by atoms with E-state index >= 15 is 0 Å². The van der Waals surface area contributed by atoms with E-state index < -0.39 is 35.6 Å². The molecule has 2 unspecified atom stereocenters. The summed E-state index contributed by atoms with van der Waals surface area (Å²) >= 11 is 0. The summed E-state index contributed by atoms with van der Waals surface area (Å²) < 4.78 is 4.99. The quantitative estimate of drug-likeness (QED) is 0.574. The van der Waals surface area contributed by atoms with Crippen molar-refractivity contribution in [2.24, 2.45) is 5.92 Å². The van der Waals surface area contributed by atoms with Gasteiger partial charge in [0.25, 0.3) is 0 Å². The number of aliphatic carboxylic acids is 2. The average Bonchev–Trinajstić information content (AvgIpc) is 2.45. The molecule has 1 aromatic heterocycles. The van der Waals surface area contributed by atoms with Gasteiger partial charge in [0.15, 0.2) is 0 Å². The third-order valence-electron chi connectivity index (χ3n) is 3.12. The summed E-state index contributed by atoms with van der Waals surface area (Å²) in [6.45, 7) is 4.87. The van der Waals surface area contributed by atoms with Crippen LogP contribution in [0.2, 0.25) is 0 Å². The molecule has 9 nitrogen and oxygen atoms in total. The highest BCUT2D eigenvalue weighted by Gasteiger charge is 2.30. The van der Waals surface area contributed by atoms with Gasteiger partial charge in [-0.25, -0.2) is 9.59 Å². The molecule has 1 rings (SSSR count).